The molecule has 0 spiro atoms. The number of likely N-dealkylation sites (tertiary alicyclic amines) is 1. The lowest BCUT2D eigenvalue weighted by molar-refractivity contribution is -0.221. The minimum atomic E-state index is -1.58. The van der Waals surface area contributed by atoms with Gasteiger partial charge in [0.2, 0.25) is 0 Å². The quantitative estimate of drug-likeness (QED) is 0.399. The molecule has 1 heterocycles. The summed E-state index contributed by atoms with van der Waals surface area (Å²) < 4.78 is 0. The highest BCUT2D eigenvalue weighted by atomic mass is 16.5. The molecule has 3 nitrogen and oxygen atoms in total. The first-order valence-electron chi connectivity index (χ1n) is 4.91. The first-order valence-corrected chi connectivity index (χ1v) is 4.91. The average Bonchev–Trinajstić information content (AvgIpc) is 2.29. The van der Waals surface area contributed by atoms with Gasteiger partial charge in [0.05, 0.1) is 13.9 Å². The minimum Gasteiger partial charge on any atom is -0.364 e. The van der Waals surface area contributed by atoms with E-state index in [1.165, 1.54) is 0 Å². The molecule has 13 heavy (non-hydrogen) atoms. The standard InChI is InChI=1S/C9H16BNO2/c1-11-3-2-6-4-7(10)5-9(12,13)8(6)11/h6-8,12-13H,2-5H2,1H3. The topological polar surface area (TPSA) is 43.7 Å². The number of likely N-dealkylation sites (N-methyl/N-ethyl adjacent to an activating group) is 1. The predicted molar refractivity (Wildman–Crippen MR) is 50.4 cm³/mol. The summed E-state index contributed by atoms with van der Waals surface area (Å²) in [6, 6.07) is -0.104. The minimum absolute atomic E-state index is 0.0530. The number of nitrogens with zero attached hydrogens (tertiary/aromatic N) is 1. The SMILES string of the molecule is [B]C1CC2CCN(C)C2C(O)(O)C1. The van der Waals surface area contributed by atoms with E-state index in [-0.39, 0.29) is 11.9 Å². The Balaban J connectivity index is 2.20. The monoisotopic (exact) mass is 181 g/mol. The fourth-order valence-corrected chi connectivity index (χ4v) is 2.98. The van der Waals surface area contributed by atoms with E-state index in [0.717, 1.165) is 19.4 Å². The number of aliphatic hydroxyl groups is 2. The van der Waals surface area contributed by atoms with Gasteiger partial charge in [-0.1, -0.05) is 12.2 Å². The zero-order chi connectivity index (χ0) is 9.64. The third-order valence-corrected chi connectivity index (χ3v) is 3.42. The average molecular weight is 181 g/mol. The Morgan fingerprint density at radius 1 is 1.46 bits per heavy atom. The van der Waals surface area contributed by atoms with Gasteiger partial charge in [-0.2, -0.15) is 0 Å². The van der Waals surface area contributed by atoms with Crippen molar-refractivity contribution in [2.45, 2.75) is 36.9 Å². The van der Waals surface area contributed by atoms with E-state index in [4.69, 9.17) is 7.85 Å². The maximum absolute atomic E-state index is 9.82. The van der Waals surface area contributed by atoms with Crippen LogP contribution in [0.2, 0.25) is 5.82 Å². The summed E-state index contributed by atoms with van der Waals surface area (Å²) in [5.41, 5.74) is 0. The molecule has 0 aromatic rings. The fraction of sp³-hybridized carbons (Fsp3) is 1.00. The molecule has 1 aliphatic heterocycles. The molecule has 0 amide bonds. The van der Waals surface area contributed by atoms with Gasteiger partial charge in [-0.25, -0.2) is 0 Å². The van der Waals surface area contributed by atoms with Crippen LogP contribution in [0, 0.1) is 5.92 Å². The van der Waals surface area contributed by atoms with Crippen molar-refractivity contribution in [3.8, 4) is 0 Å². The number of fused-ring (bicyclic) bond motifs is 1. The second-order valence-electron chi connectivity index (χ2n) is 4.55. The smallest absolute Gasteiger partial charge is 0.178 e. The second-order valence-corrected chi connectivity index (χ2v) is 4.55. The fourth-order valence-electron chi connectivity index (χ4n) is 2.98. The van der Waals surface area contributed by atoms with Crippen LogP contribution in [0.25, 0.3) is 0 Å². The lowest BCUT2D eigenvalue weighted by Gasteiger charge is -2.43. The summed E-state index contributed by atoms with van der Waals surface area (Å²) >= 11 is 0. The highest BCUT2D eigenvalue weighted by Crippen LogP contribution is 2.43. The van der Waals surface area contributed by atoms with E-state index >= 15 is 0 Å². The molecule has 0 bridgehead atoms. The summed E-state index contributed by atoms with van der Waals surface area (Å²) in [6.07, 6.45) is 2.27. The first kappa shape index (κ1) is 9.50. The van der Waals surface area contributed by atoms with Crippen LogP contribution in [0.3, 0.4) is 0 Å². The summed E-state index contributed by atoms with van der Waals surface area (Å²) in [4.78, 5) is 2.04. The number of hydrogen-bond donors (Lipinski definition) is 2. The van der Waals surface area contributed by atoms with Gasteiger partial charge in [0, 0.05) is 0 Å². The molecule has 4 heteroatoms. The largest absolute Gasteiger partial charge is 0.364 e. The predicted octanol–water partition coefficient (Wildman–Crippen LogP) is -0.262. The van der Waals surface area contributed by atoms with Crippen molar-refractivity contribution in [3.63, 3.8) is 0 Å². The lowest BCUT2D eigenvalue weighted by Crippen LogP contribution is -2.54. The van der Waals surface area contributed by atoms with E-state index in [9.17, 15) is 10.2 Å². The molecule has 2 N–H and O–H groups in total. The Kier molecular flexibility index (Phi) is 2.17. The molecule has 2 fully saturated rings. The summed E-state index contributed by atoms with van der Waals surface area (Å²) in [5, 5.41) is 19.6. The van der Waals surface area contributed by atoms with Crippen LogP contribution in [0.15, 0.2) is 0 Å². The zero-order valence-electron chi connectivity index (χ0n) is 7.98. The molecular formula is C9H16BNO2. The van der Waals surface area contributed by atoms with Gasteiger partial charge in [-0.15, -0.1) is 0 Å². The van der Waals surface area contributed by atoms with Crippen molar-refractivity contribution in [2.75, 3.05) is 13.6 Å². The normalized spacial score (nSPS) is 44.7. The molecule has 1 saturated carbocycles. The lowest BCUT2D eigenvalue weighted by atomic mass is 9.66. The van der Waals surface area contributed by atoms with E-state index in [0.29, 0.717) is 12.3 Å². The van der Waals surface area contributed by atoms with Gasteiger partial charge in [0.25, 0.3) is 0 Å². The second kappa shape index (κ2) is 2.97. The molecule has 3 atom stereocenters. The van der Waals surface area contributed by atoms with Crippen molar-refractivity contribution in [1.29, 1.82) is 0 Å². The van der Waals surface area contributed by atoms with E-state index in [1.807, 2.05) is 11.9 Å². The van der Waals surface area contributed by atoms with E-state index in [2.05, 4.69) is 0 Å². The van der Waals surface area contributed by atoms with Crippen LogP contribution in [-0.4, -0.2) is 48.4 Å². The number of hydrogen-bond acceptors (Lipinski definition) is 3. The van der Waals surface area contributed by atoms with Crippen molar-refractivity contribution >= 4 is 7.85 Å². The molecule has 1 saturated heterocycles. The van der Waals surface area contributed by atoms with Crippen LogP contribution in [0.1, 0.15) is 19.3 Å². The van der Waals surface area contributed by atoms with Crippen molar-refractivity contribution < 1.29 is 10.2 Å². The third-order valence-electron chi connectivity index (χ3n) is 3.42. The van der Waals surface area contributed by atoms with Crippen molar-refractivity contribution in [3.05, 3.63) is 0 Å². The molecule has 0 aromatic carbocycles. The van der Waals surface area contributed by atoms with Gasteiger partial charge in [-0.05, 0) is 32.4 Å². The van der Waals surface area contributed by atoms with Crippen LogP contribution in [0.5, 0.6) is 0 Å². The van der Waals surface area contributed by atoms with Gasteiger partial charge in [0.1, 0.15) is 0 Å². The Labute approximate surface area is 80.1 Å². The molecule has 0 aromatic heterocycles. The highest BCUT2D eigenvalue weighted by Gasteiger charge is 2.49. The molecule has 2 radical (unpaired) electrons. The molecule has 3 unspecified atom stereocenters. The molecular weight excluding hydrogens is 165 g/mol. The summed E-state index contributed by atoms with van der Waals surface area (Å²) in [6.45, 7) is 0.949. The number of rotatable bonds is 0. The van der Waals surface area contributed by atoms with Gasteiger partial charge in [0.15, 0.2) is 5.79 Å². The molecule has 2 aliphatic rings. The molecule has 1 aliphatic carbocycles. The van der Waals surface area contributed by atoms with Gasteiger partial charge < -0.3 is 10.2 Å². The van der Waals surface area contributed by atoms with E-state index < -0.39 is 5.79 Å². The summed E-state index contributed by atoms with van der Waals surface area (Å²) in [5.74, 6) is -1.26. The highest BCUT2D eigenvalue weighted by molar-refractivity contribution is 6.11. The Hall–Kier alpha value is -0.0551. The third kappa shape index (κ3) is 1.51. The zero-order valence-corrected chi connectivity index (χ0v) is 7.98. The Bertz CT molecular complexity index is 210. The first-order chi connectivity index (χ1) is 6.00. The van der Waals surface area contributed by atoms with E-state index in [1.54, 1.807) is 0 Å². The molecule has 72 valence electrons. The van der Waals surface area contributed by atoms with Crippen molar-refractivity contribution in [1.82, 2.24) is 4.90 Å². The maximum atomic E-state index is 9.82. The summed E-state index contributed by atoms with van der Waals surface area (Å²) in [7, 11) is 7.72. The van der Waals surface area contributed by atoms with Crippen LogP contribution < -0.4 is 0 Å². The van der Waals surface area contributed by atoms with Crippen LogP contribution in [-0.2, 0) is 0 Å². The maximum Gasteiger partial charge on any atom is 0.178 e. The Morgan fingerprint density at radius 2 is 2.15 bits per heavy atom. The van der Waals surface area contributed by atoms with Crippen molar-refractivity contribution in [2.24, 2.45) is 5.92 Å². The van der Waals surface area contributed by atoms with Gasteiger partial charge in [-0.3, -0.25) is 4.90 Å². The molecule has 2 rings (SSSR count). The Morgan fingerprint density at radius 3 is 2.85 bits per heavy atom. The van der Waals surface area contributed by atoms with Crippen LogP contribution in [0.4, 0.5) is 0 Å². The van der Waals surface area contributed by atoms with Gasteiger partial charge >= 0.3 is 0 Å². The van der Waals surface area contributed by atoms with Crippen LogP contribution >= 0.6 is 0 Å².